The molecule has 0 atom stereocenters. The molecule has 0 saturated heterocycles. The van der Waals surface area contributed by atoms with Crippen LogP contribution in [-0.2, 0) is 14.8 Å². The van der Waals surface area contributed by atoms with E-state index in [2.05, 4.69) is 15.4 Å². The average Bonchev–Trinajstić information content (AvgIpc) is 2.67. The lowest BCUT2D eigenvalue weighted by Crippen LogP contribution is -2.32. The Morgan fingerprint density at radius 1 is 1.00 bits per heavy atom. The van der Waals surface area contributed by atoms with Gasteiger partial charge in [-0.2, -0.15) is 0 Å². The van der Waals surface area contributed by atoms with Crippen molar-refractivity contribution < 1.29 is 18.0 Å². The van der Waals surface area contributed by atoms with Gasteiger partial charge in [0, 0.05) is 17.8 Å². The number of hydrogen-bond donors (Lipinski definition) is 3. The van der Waals surface area contributed by atoms with Crippen molar-refractivity contribution in [1.82, 2.24) is 10.0 Å². The monoisotopic (exact) mass is 389 g/mol. The van der Waals surface area contributed by atoms with Gasteiger partial charge in [-0.1, -0.05) is 37.6 Å². The Labute approximate surface area is 159 Å². The molecule has 0 aliphatic carbocycles. The van der Waals surface area contributed by atoms with Crippen molar-refractivity contribution in [3.63, 3.8) is 0 Å². The number of amides is 2. The largest absolute Gasteiger partial charge is 0.343 e. The van der Waals surface area contributed by atoms with Gasteiger partial charge in [0.2, 0.25) is 15.9 Å². The molecule has 2 amide bonds. The van der Waals surface area contributed by atoms with Crippen LogP contribution in [-0.4, -0.2) is 33.3 Å². The average molecular weight is 389 g/mol. The maximum absolute atomic E-state index is 12.2. The predicted octanol–water partition coefficient (Wildman–Crippen LogP) is 2.13. The van der Waals surface area contributed by atoms with Crippen molar-refractivity contribution in [2.24, 2.45) is 0 Å². The molecule has 0 fully saturated rings. The molecule has 2 aromatic carbocycles. The quantitative estimate of drug-likeness (QED) is 0.572. The van der Waals surface area contributed by atoms with Crippen molar-refractivity contribution in [2.75, 3.05) is 18.4 Å². The third-order valence-electron chi connectivity index (χ3n) is 3.70. The van der Waals surface area contributed by atoms with E-state index in [0.29, 0.717) is 17.8 Å². The Bertz CT molecular complexity index is 883. The Balaban J connectivity index is 1.93. The van der Waals surface area contributed by atoms with Gasteiger partial charge in [-0.05, 0) is 36.8 Å². The van der Waals surface area contributed by atoms with E-state index in [1.54, 1.807) is 42.5 Å². The lowest BCUT2D eigenvalue weighted by atomic mass is 10.2. The molecule has 0 spiro atoms. The van der Waals surface area contributed by atoms with Crippen molar-refractivity contribution in [3.05, 3.63) is 60.2 Å². The SMILES string of the molecule is CCCCNS(=O)(=O)c1cccc(NC(=O)CNC(=O)c2ccccc2)c1. The second kappa shape index (κ2) is 9.84. The first-order valence-electron chi connectivity index (χ1n) is 8.65. The first-order chi connectivity index (χ1) is 12.9. The minimum Gasteiger partial charge on any atom is -0.343 e. The minimum absolute atomic E-state index is 0.0738. The zero-order valence-electron chi connectivity index (χ0n) is 15.1. The molecule has 0 aliphatic heterocycles. The summed E-state index contributed by atoms with van der Waals surface area (Å²) in [6.07, 6.45) is 1.63. The van der Waals surface area contributed by atoms with Gasteiger partial charge in [-0.15, -0.1) is 0 Å². The van der Waals surface area contributed by atoms with E-state index in [4.69, 9.17) is 0 Å². The van der Waals surface area contributed by atoms with E-state index in [1.165, 1.54) is 12.1 Å². The minimum atomic E-state index is -3.62. The molecule has 8 heteroatoms. The number of carbonyl (C=O) groups is 2. The molecule has 2 rings (SSSR count). The third kappa shape index (κ3) is 6.50. The van der Waals surface area contributed by atoms with Crippen molar-refractivity contribution >= 4 is 27.5 Å². The van der Waals surface area contributed by atoms with Gasteiger partial charge < -0.3 is 10.6 Å². The highest BCUT2D eigenvalue weighted by molar-refractivity contribution is 7.89. The molecule has 3 N–H and O–H groups in total. The molecule has 0 radical (unpaired) electrons. The molecule has 0 heterocycles. The Morgan fingerprint density at radius 2 is 1.74 bits per heavy atom. The highest BCUT2D eigenvalue weighted by Crippen LogP contribution is 2.15. The molecule has 0 aromatic heterocycles. The number of nitrogens with one attached hydrogen (secondary N) is 3. The highest BCUT2D eigenvalue weighted by Gasteiger charge is 2.14. The van der Waals surface area contributed by atoms with Crippen LogP contribution >= 0.6 is 0 Å². The van der Waals surface area contributed by atoms with E-state index in [-0.39, 0.29) is 17.3 Å². The lowest BCUT2D eigenvalue weighted by Gasteiger charge is -2.10. The molecule has 7 nitrogen and oxygen atoms in total. The number of unbranched alkanes of at least 4 members (excludes halogenated alkanes) is 1. The van der Waals surface area contributed by atoms with E-state index >= 15 is 0 Å². The lowest BCUT2D eigenvalue weighted by molar-refractivity contribution is -0.115. The Kier molecular flexibility index (Phi) is 7.51. The van der Waals surface area contributed by atoms with Crippen molar-refractivity contribution in [2.45, 2.75) is 24.7 Å². The fourth-order valence-corrected chi connectivity index (χ4v) is 3.38. The predicted molar refractivity (Wildman–Crippen MR) is 104 cm³/mol. The second-order valence-corrected chi connectivity index (χ2v) is 7.64. The number of anilines is 1. The Hall–Kier alpha value is -2.71. The Morgan fingerprint density at radius 3 is 2.44 bits per heavy atom. The van der Waals surface area contributed by atoms with Crippen molar-refractivity contribution in [3.8, 4) is 0 Å². The molecule has 27 heavy (non-hydrogen) atoms. The maximum Gasteiger partial charge on any atom is 0.251 e. The normalized spacial score (nSPS) is 11.0. The van der Waals surface area contributed by atoms with Crippen LogP contribution in [0.25, 0.3) is 0 Å². The molecular formula is C19H23N3O4S. The van der Waals surface area contributed by atoms with Gasteiger partial charge in [0.25, 0.3) is 5.91 Å². The van der Waals surface area contributed by atoms with Gasteiger partial charge in [-0.25, -0.2) is 13.1 Å². The summed E-state index contributed by atoms with van der Waals surface area (Å²) in [6.45, 7) is 2.11. The van der Waals surface area contributed by atoms with Gasteiger partial charge in [0.15, 0.2) is 0 Å². The summed E-state index contributed by atoms with van der Waals surface area (Å²) in [5.74, 6) is -0.810. The molecule has 0 saturated carbocycles. The van der Waals surface area contributed by atoms with Gasteiger partial charge in [0.1, 0.15) is 0 Å². The smallest absolute Gasteiger partial charge is 0.251 e. The standard InChI is InChI=1S/C19H23N3O4S/c1-2-3-12-21-27(25,26)17-11-7-10-16(13-17)22-18(23)14-20-19(24)15-8-5-4-6-9-15/h4-11,13,21H,2-3,12,14H2,1H3,(H,20,24)(H,22,23). The van der Waals surface area contributed by atoms with E-state index in [9.17, 15) is 18.0 Å². The van der Waals surface area contributed by atoms with E-state index < -0.39 is 15.9 Å². The zero-order chi connectivity index (χ0) is 19.7. The summed E-state index contributed by atoms with van der Waals surface area (Å²) < 4.78 is 27.0. The van der Waals surface area contributed by atoms with Crippen LogP contribution in [0.15, 0.2) is 59.5 Å². The summed E-state index contributed by atoms with van der Waals surface area (Å²) in [4.78, 5) is 24.0. The zero-order valence-corrected chi connectivity index (χ0v) is 15.9. The summed E-state index contributed by atoms with van der Waals surface area (Å²) in [5, 5.41) is 5.10. The van der Waals surface area contributed by atoms with Gasteiger partial charge in [0.05, 0.1) is 11.4 Å². The summed E-state index contributed by atoms with van der Waals surface area (Å²) in [7, 11) is -3.62. The summed E-state index contributed by atoms with van der Waals surface area (Å²) >= 11 is 0. The van der Waals surface area contributed by atoms with Gasteiger partial charge >= 0.3 is 0 Å². The van der Waals surface area contributed by atoms with Crippen LogP contribution < -0.4 is 15.4 Å². The van der Waals surface area contributed by atoms with Crippen LogP contribution in [0.1, 0.15) is 30.1 Å². The number of rotatable bonds is 9. The van der Waals surface area contributed by atoms with E-state index in [1.807, 2.05) is 6.92 Å². The first kappa shape index (κ1) is 20.6. The molecule has 2 aromatic rings. The van der Waals surface area contributed by atoms with Crippen LogP contribution in [0, 0.1) is 0 Å². The van der Waals surface area contributed by atoms with Crippen LogP contribution in [0.4, 0.5) is 5.69 Å². The highest BCUT2D eigenvalue weighted by atomic mass is 32.2. The third-order valence-corrected chi connectivity index (χ3v) is 5.15. The first-order valence-corrected chi connectivity index (χ1v) is 10.1. The summed E-state index contributed by atoms with van der Waals surface area (Å²) in [5.41, 5.74) is 0.795. The fourth-order valence-electron chi connectivity index (χ4n) is 2.26. The number of sulfonamides is 1. The van der Waals surface area contributed by atoms with Crippen LogP contribution in [0.2, 0.25) is 0 Å². The van der Waals surface area contributed by atoms with Gasteiger partial charge in [-0.3, -0.25) is 9.59 Å². The molecular weight excluding hydrogens is 366 g/mol. The summed E-state index contributed by atoms with van der Waals surface area (Å²) in [6, 6.07) is 14.5. The number of hydrogen-bond acceptors (Lipinski definition) is 4. The fraction of sp³-hybridized carbons (Fsp3) is 0.263. The van der Waals surface area contributed by atoms with Crippen LogP contribution in [0.5, 0.6) is 0 Å². The number of carbonyl (C=O) groups excluding carboxylic acids is 2. The second-order valence-electron chi connectivity index (χ2n) is 5.88. The number of benzene rings is 2. The van der Waals surface area contributed by atoms with Crippen LogP contribution in [0.3, 0.4) is 0 Å². The molecule has 0 aliphatic rings. The van der Waals surface area contributed by atoms with Crippen molar-refractivity contribution in [1.29, 1.82) is 0 Å². The molecule has 0 unspecified atom stereocenters. The molecule has 0 bridgehead atoms. The topological polar surface area (TPSA) is 104 Å². The maximum atomic E-state index is 12.2. The molecule has 144 valence electrons. The van der Waals surface area contributed by atoms with E-state index in [0.717, 1.165) is 12.8 Å².